The van der Waals surface area contributed by atoms with E-state index in [1.165, 1.54) is 12.1 Å². The van der Waals surface area contributed by atoms with E-state index in [0.29, 0.717) is 25.3 Å². The van der Waals surface area contributed by atoms with E-state index in [4.69, 9.17) is 10.5 Å². The van der Waals surface area contributed by atoms with Crippen molar-refractivity contribution in [3.8, 4) is 11.8 Å². The van der Waals surface area contributed by atoms with E-state index >= 15 is 0 Å². The molecule has 1 saturated heterocycles. The van der Waals surface area contributed by atoms with E-state index in [9.17, 15) is 9.18 Å². The van der Waals surface area contributed by atoms with Gasteiger partial charge in [0.2, 0.25) is 0 Å². The van der Waals surface area contributed by atoms with Crippen LogP contribution in [-0.2, 0) is 4.74 Å². The summed E-state index contributed by atoms with van der Waals surface area (Å²) in [6.07, 6.45) is 0.729. The van der Waals surface area contributed by atoms with Gasteiger partial charge in [-0.15, -0.1) is 0 Å². The normalized spacial score (nSPS) is 18.6. The number of hydrogen-bond acceptors (Lipinski definition) is 3. The Morgan fingerprint density at radius 3 is 3.10 bits per heavy atom. The van der Waals surface area contributed by atoms with Gasteiger partial charge in [0.1, 0.15) is 5.82 Å². The second kappa shape index (κ2) is 7.21. The molecular formula is C16H19FN2O2. The quantitative estimate of drug-likeness (QED) is 0.795. The molecule has 5 heteroatoms. The maximum atomic E-state index is 14.1. The molecule has 0 saturated carbocycles. The summed E-state index contributed by atoms with van der Waals surface area (Å²) in [5, 5.41) is 0. The lowest BCUT2D eigenvalue weighted by atomic mass is 10.1. The van der Waals surface area contributed by atoms with Crippen LogP contribution < -0.4 is 5.73 Å². The molecule has 21 heavy (non-hydrogen) atoms. The minimum absolute atomic E-state index is 0.0331. The van der Waals surface area contributed by atoms with Crippen molar-refractivity contribution >= 4 is 5.91 Å². The summed E-state index contributed by atoms with van der Waals surface area (Å²) < 4.78 is 19.6. The Balaban J connectivity index is 2.18. The second-order valence-corrected chi connectivity index (χ2v) is 4.99. The van der Waals surface area contributed by atoms with Crippen LogP contribution in [0, 0.1) is 17.7 Å². The zero-order chi connectivity index (χ0) is 15.2. The topological polar surface area (TPSA) is 55.6 Å². The molecule has 1 aromatic carbocycles. The van der Waals surface area contributed by atoms with E-state index in [2.05, 4.69) is 11.8 Å². The van der Waals surface area contributed by atoms with Gasteiger partial charge in [-0.25, -0.2) is 4.39 Å². The first kappa shape index (κ1) is 15.5. The molecule has 1 aliphatic heterocycles. The average molecular weight is 290 g/mol. The fraction of sp³-hybridized carbons (Fsp3) is 0.438. The largest absolute Gasteiger partial charge is 0.377 e. The van der Waals surface area contributed by atoms with Gasteiger partial charge in [0, 0.05) is 25.3 Å². The third kappa shape index (κ3) is 4.03. The van der Waals surface area contributed by atoms with Crippen molar-refractivity contribution in [2.45, 2.75) is 19.4 Å². The molecule has 112 valence electrons. The van der Waals surface area contributed by atoms with Gasteiger partial charge in [-0.2, -0.15) is 0 Å². The molecule has 0 aliphatic carbocycles. The number of ether oxygens (including phenoxy) is 1. The smallest absolute Gasteiger partial charge is 0.256 e. The fourth-order valence-corrected chi connectivity index (χ4v) is 2.27. The highest BCUT2D eigenvalue weighted by atomic mass is 19.1. The molecule has 0 spiro atoms. The van der Waals surface area contributed by atoms with Crippen molar-refractivity contribution in [2.75, 3.05) is 26.2 Å². The van der Waals surface area contributed by atoms with E-state index < -0.39 is 5.82 Å². The lowest BCUT2D eigenvalue weighted by Crippen LogP contribution is -2.36. The predicted molar refractivity (Wildman–Crippen MR) is 78.3 cm³/mol. The number of carbonyl (C=O) groups excluding carboxylic acids is 1. The lowest BCUT2D eigenvalue weighted by Gasteiger charge is -2.22. The maximum absolute atomic E-state index is 14.1. The van der Waals surface area contributed by atoms with Gasteiger partial charge < -0.3 is 15.4 Å². The van der Waals surface area contributed by atoms with Crippen LogP contribution in [0.4, 0.5) is 4.39 Å². The molecule has 1 aliphatic rings. The van der Waals surface area contributed by atoms with Crippen molar-refractivity contribution in [1.29, 1.82) is 0 Å². The van der Waals surface area contributed by atoms with Gasteiger partial charge in [-0.05, 0) is 31.5 Å². The first-order valence-corrected chi connectivity index (χ1v) is 7.01. The summed E-state index contributed by atoms with van der Waals surface area (Å²) in [4.78, 5) is 14.1. The molecule has 1 atom stereocenters. The molecule has 1 heterocycles. The molecule has 4 nitrogen and oxygen atoms in total. The summed E-state index contributed by atoms with van der Waals surface area (Å²) >= 11 is 0. The monoisotopic (exact) mass is 290 g/mol. The van der Waals surface area contributed by atoms with Crippen molar-refractivity contribution in [2.24, 2.45) is 5.73 Å². The Kier molecular flexibility index (Phi) is 5.32. The number of halogens is 1. The first-order valence-electron chi connectivity index (χ1n) is 7.01. The number of nitrogens with zero attached hydrogens (tertiary/aromatic N) is 1. The average Bonchev–Trinajstić information content (AvgIpc) is 2.69. The van der Waals surface area contributed by atoms with Crippen LogP contribution in [0.1, 0.15) is 29.3 Å². The highest BCUT2D eigenvalue weighted by Gasteiger charge is 2.23. The maximum Gasteiger partial charge on any atom is 0.256 e. The summed E-state index contributed by atoms with van der Waals surface area (Å²) in [5.41, 5.74) is 5.87. The van der Waals surface area contributed by atoms with Crippen molar-refractivity contribution in [1.82, 2.24) is 4.90 Å². The van der Waals surface area contributed by atoms with E-state index in [-0.39, 0.29) is 24.1 Å². The highest BCUT2D eigenvalue weighted by molar-refractivity contribution is 5.94. The lowest BCUT2D eigenvalue weighted by molar-refractivity contribution is 0.0560. The minimum Gasteiger partial charge on any atom is -0.377 e. The Bertz CT molecular complexity index is 577. The zero-order valence-electron chi connectivity index (χ0n) is 12.1. The van der Waals surface area contributed by atoms with E-state index in [1.807, 2.05) is 6.92 Å². The number of rotatable bonds is 1. The predicted octanol–water partition coefficient (Wildman–Crippen LogP) is 1.39. The standard InChI is InChI=1S/C16H19FN2O2/c1-12-11-19(8-3-9-21-12)16(20)14-6-5-13(4-2-7-18)10-15(14)17/h5-6,10,12H,3,7-9,11,18H2,1H3. The number of nitrogens with two attached hydrogens (primary N) is 1. The molecule has 2 rings (SSSR count). The third-order valence-corrected chi connectivity index (χ3v) is 3.27. The summed E-state index contributed by atoms with van der Waals surface area (Å²) in [7, 11) is 0. The van der Waals surface area contributed by atoms with Gasteiger partial charge in [-0.3, -0.25) is 4.79 Å². The number of amides is 1. The van der Waals surface area contributed by atoms with Crippen molar-refractivity contribution in [3.05, 3.63) is 35.1 Å². The molecule has 1 fully saturated rings. The van der Waals surface area contributed by atoms with Crippen LogP contribution in [0.25, 0.3) is 0 Å². The first-order chi connectivity index (χ1) is 10.1. The number of benzene rings is 1. The van der Waals surface area contributed by atoms with Crippen LogP contribution in [0.2, 0.25) is 0 Å². The molecule has 1 aromatic rings. The van der Waals surface area contributed by atoms with Crippen LogP contribution in [0.5, 0.6) is 0 Å². The van der Waals surface area contributed by atoms with Crippen LogP contribution in [-0.4, -0.2) is 43.2 Å². The van der Waals surface area contributed by atoms with E-state index in [0.717, 1.165) is 6.42 Å². The molecule has 2 N–H and O–H groups in total. The minimum atomic E-state index is -0.554. The van der Waals surface area contributed by atoms with E-state index in [1.54, 1.807) is 11.0 Å². The SMILES string of the molecule is CC1CN(C(=O)c2ccc(C#CCN)cc2F)CCCO1. The van der Waals surface area contributed by atoms with Crippen molar-refractivity contribution in [3.63, 3.8) is 0 Å². The van der Waals surface area contributed by atoms with Gasteiger partial charge in [-0.1, -0.05) is 11.8 Å². The van der Waals surface area contributed by atoms with Gasteiger partial charge in [0.25, 0.3) is 5.91 Å². The summed E-state index contributed by atoms with van der Waals surface area (Å²) in [6, 6.07) is 4.39. The van der Waals surface area contributed by atoms with Gasteiger partial charge >= 0.3 is 0 Å². The molecule has 0 aromatic heterocycles. The molecule has 1 unspecified atom stereocenters. The highest BCUT2D eigenvalue weighted by Crippen LogP contribution is 2.15. The third-order valence-electron chi connectivity index (χ3n) is 3.27. The number of carbonyl (C=O) groups is 1. The Hall–Kier alpha value is -1.90. The molecule has 1 amide bonds. The zero-order valence-corrected chi connectivity index (χ0v) is 12.1. The molecule has 0 bridgehead atoms. The number of hydrogen-bond donors (Lipinski definition) is 1. The van der Waals surface area contributed by atoms with Crippen LogP contribution in [0.15, 0.2) is 18.2 Å². The fourth-order valence-electron chi connectivity index (χ4n) is 2.27. The molecular weight excluding hydrogens is 271 g/mol. The van der Waals surface area contributed by atoms with Gasteiger partial charge in [0.15, 0.2) is 0 Å². The van der Waals surface area contributed by atoms with Gasteiger partial charge in [0.05, 0.1) is 18.2 Å². The summed E-state index contributed by atoms with van der Waals surface area (Å²) in [6.45, 7) is 3.81. The summed E-state index contributed by atoms with van der Waals surface area (Å²) in [5.74, 6) is 4.55. The Morgan fingerprint density at radius 2 is 2.38 bits per heavy atom. The van der Waals surface area contributed by atoms with Crippen LogP contribution >= 0.6 is 0 Å². The Morgan fingerprint density at radius 1 is 1.57 bits per heavy atom. The second-order valence-electron chi connectivity index (χ2n) is 4.99. The molecule has 0 radical (unpaired) electrons. The van der Waals surface area contributed by atoms with Crippen LogP contribution in [0.3, 0.4) is 0 Å². The van der Waals surface area contributed by atoms with Crippen molar-refractivity contribution < 1.29 is 13.9 Å². The Labute approximate surface area is 124 Å².